The number of amidine groups is 1. The Labute approximate surface area is 192 Å². The second kappa shape index (κ2) is 8.90. The molecule has 1 aromatic carbocycles. The van der Waals surface area contributed by atoms with E-state index in [0.29, 0.717) is 16.6 Å². The maximum absolute atomic E-state index is 14.1. The average molecular weight is 455 g/mol. The van der Waals surface area contributed by atoms with Crippen molar-refractivity contribution in [1.82, 2.24) is 10.2 Å². The zero-order valence-electron chi connectivity index (χ0n) is 18.3. The van der Waals surface area contributed by atoms with Crippen molar-refractivity contribution in [2.75, 3.05) is 11.4 Å². The van der Waals surface area contributed by atoms with Crippen LogP contribution in [0.3, 0.4) is 0 Å². The van der Waals surface area contributed by atoms with E-state index in [4.69, 9.17) is 11.6 Å². The van der Waals surface area contributed by atoms with Crippen LogP contribution in [-0.2, 0) is 14.4 Å². The van der Waals surface area contributed by atoms with Crippen molar-refractivity contribution >= 4 is 40.8 Å². The van der Waals surface area contributed by atoms with Gasteiger partial charge in [0.15, 0.2) is 0 Å². The fourth-order valence-electron chi connectivity index (χ4n) is 4.59. The van der Waals surface area contributed by atoms with Crippen LogP contribution in [0.4, 0.5) is 5.69 Å². The van der Waals surface area contributed by atoms with Crippen molar-refractivity contribution < 1.29 is 14.4 Å². The van der Waals surface area contributed by atoms with E-state index >= 15 is 0 Å². The van der Waals surface area contributed by atoms with Crippen molar-refractivity contribution in [3.05, 3.63) is 53.2 Å². The van der Waals surface area contributed by atoms with Crippen LogP contribution in [-0.4, -0.2) is 46.6 Å². The molecule has 0 saturated heterocycles. The Kier molecular flexibility index (Phi) is 6.20. The number of para-hydroxylation sites is 1. The van der Waals surface area contributed by atoms with Gasteiger partial charge in [-0.2, -0.15) is 4.99 Å². The number of hydrogen-bond donors (Lipinski definition) is 1. The molecule has 1 aliphatic carbocycles. The summed E-state index contributed by atoms with van der Waals surface area (Å²) in [7, 11) is 0. The van der Waals surface area contributed by atoms with Gasteiger partial charge in [0, 0.05) is 17.9 Å². The van der Waals surface area contributed by atoms with Gasteiger partial charge >= 0.3 is 0 Å². The number of nitrogens with zero attached hydrogens (tertiary/aromatic N) is 3. The van der Waals surface area contributed by atoms with E-state index in [1.807, 2.05) is 31.2 Å². The molecule has 0 bridgehead atoms. The Balaban J connectivity index is 1.68. The number of halogens is 1. The zero-order chi connectivity index (χ0) is 22.9. The van der Waals surface area contributed by atoms with Crippen LogP contribution in [0, 0.1) is 6.92 Å². The highest BCUT2D eigenvalue weighted by atomic mass is 35.5. The van der Waals surface area contributed by atoms with Crippen LogP contribution in [0.15, 0.2) is 52.6 Å². The van der Waals surface area contributed by atoms with Crippen LogP contribution in [0.25, 0.3) is 0 Å². The van der Waals surface area contributed by atoms with Gasteiger partial charge in [-0.1, -0.05) is 42.6 Å². The van der Waals surface area contributed by atoms with Crippen LogP contribution >= 0.6 is 11.6 Å². The number of fused-ring (bicyclic) bond motifs is 1. The highest BCUT2D eigenvalue weighted by molar-refractivity contribution is 6.32. The van der Waals surface area contributed by atoms with Crippen molar-refractivity contribution in [3.63, 3.8) is 0 Å². The summed E-state index contributed by atoms with van der Waals surface area (Å²) in [4.78, 5) is 46.6. The quantitative estimate of drug-likeness (QED) is 0.739. The number of aliphatic imine (C=N–C) groups is 1. The summed E-state index contributed by atoms with van der Waals surface area (Å²) in [5.41, 5.74) is 0.232. The molecule has 0 radical (unpaired) electrons. The predicted octanol–water partition coefficient (Wildman–Crippen LogP) is 3.43. The van der Waals surface area contributed by atoms with Crippen molar-refractivity contribution in [2.45, 2.75) is 57.5 Å². The van der Waals surface area contributed by atoms with Gasteiger partial charge in [0.2, 0.25) is 5.91 Å². The van der Waals surface area contributed by atoms with Gasteiger partial charge in [-0.15, -0.1) is 0 Å². The normalized spacial score (nSPS) is 22.8. The number of nitrogens with one attached hydrogen (secondary N) is 1. The predicted molar refractivity (Wildman–Crippen MR) is 124 cm³/mol. The third-order valence-electron chi connectivity index (χ3n) is 6.29. The number of hydrogen-bond acceptors (Lipinski definition) is 4. The molecule has 2 aliphatic heterocycles. The average Bonchev–Trinajstić information content (AvgIpc) is 3.25. The maximum atomic E-state index is 14.1. The summed E-state index contributed by atoms with van der Waals surface area (Å²) < 4.78 is 0. The molecule has 8 heteroatoms. The monoisotopic (exact) mass is 454 g/mol. The number of anilines is 1. The molecule has 0 aromatic heterocycles. The highest BCUT2D eigenvalue weighted by Gasteiger charge is 2.48. The lowest BCUT2D eigenvalue weighted by atomic mass is 9.90. The number of amides is 3. The molecule has 3 amide bonds. The lowest BCUT2D eigenvalue weighted by molar-refractivity contribution is -0.133. The lowest BCUT2D eigenvalue weighted by Crippen LogP contribution is -2.62. The molecule has 1 aromatic rings. The van der Waals surface area contributed by atoms with Crippen LogP contribution in [0.5, 0.6) is 0 Å². The minimum atomic E-state index is -1.27. The topological polar surface area (TPSA) is 82.1 Å². The molecule has 2 heterocycles. The van der Waals surface area contributed by atoms with Crippen LogP contribution < -0.4 is 10.2 Å². The second-order valence-electron chi connectivity index (χ2n) is 8.76. The van der Waals surface area contributed by atoms with Crippen LogP contribution in [0.1, 0.15) is 44.6 Å². The summed E-state index contributed by atoms with van der Waals surface area (Å²) in [6.45, 7) is 3.46. The molecule has 168 valence electrons. The largest absolute Gasteiger partial charge is 0.352 e. The fraction of sp³-hybridized carbons (Fsp3) is 0.417. The first-order valence-corrected chi connectivity index (χ1v) is 11.3. The molecular weight excluding hydrogens is 428 g/mol. The highest BCUT2D eigenvalue weighted by Crippen LogP contribution is 2.34. The number of carbonyl (C=O) groups excluding carboxylic acids is 3. The second-order valence-corrected chi connectivity index (χ2v) is 9.19. The first-order chi connectivity index (χ1) is 15.3. The van der Waals surface area contributed by atoms with Gasteiger partial charge in [-0.25, -0.2) is 0 Å². The third-order valence-corrected chi connectivity index (χ3v) is 6.51. The van der Waals surface area contributed by atoms with Gasteiger partial charge < -0.3 is 15.1 Å². The van der Waals surface area contributed by atoms with E-state index in [2.05, 4.69) is 10.3 Å². The summed E-state index contributed by atoms with van der Waals surface area (Å²) in [6.07, 6.45) is 8.87. The molecule has 3 aliphatic rings. The number of rotatable bonds is 5. The van der Waals surface area contributed by atoms with E-state index in [0.717, 1.165) is 31.2 Å². The van der Waals surface area contributed by atoms with Gasteiger partial charge in [0.1, 0.15) is 17.9 Å². The Bertz CT molecular complexity index is 1040. The summed E-state index contributed by atoms with van der Waals surface area (Å²) >= 11 is 6.21. The van der Waals surface area contributed by atoms with Gasteiger partial charge in [0.25, 0.3) is 11.8 Å². The van der Waals surface area contributed by atoms with Gasteiger partial charge in [0.05, 0.1) is 11.5 Å². The van der Waals surface area contributed by atoms with Gasteiger partial charge in [-0.05, 0) is 50.5 Å². The summed E-state index contributed by atoms with van der Waals surface area (Å²) in [5, 5.41) is 3.49. The standard InChI is InChI=1S/C24H27ClN4O3/c1-16-7-3-6-10-19(16)28(15-22(31)26-18-8-4-5-9-18)23(32)24(2)13-21(30)27-20-12-11-17(25)14-29(20)24/h3,6-7,10-12,14,18H,4-5,8-9,13,15H2,1-2H3,(H,26,31)/t24-/m0/s1. The fourth-order valence-corrected chi connectivity index (χ4v) is 4.75. The molecular formula is C24H27ClN4O3. The SMILES string of the molecule is Cc1ccccc1N(CC(=O)NC1CCCC1)C(=O)[C@]1(C)CC(=O)N=C2C=CC(Cl)=CN21. The Morgan fingerprint density at radius 2 is 1.97 bits per heavy atom. The van der Waals surface area contributed by atoms with Crippen molar-refractivity contribution in [2.24, 2.45) is 4.99 Å². The number of benzene rings is 1. The van der Waals surface area contributed by atoms with Crippen LogP contribution in [0.2, 0.25) is 0 Å². The summed E-state index contributed by atoms with van der Waals surface area (Å²) in [6, 6.07) is 7.58. The van der Waals surface area contributed by atoms with E-state index in [9.17, 15) is 14.4 Å². The molecule has 0 spiro atoms. The molecule has 1 N–H and O–H groups in total. The minimum absolute atomic E-state index is 0.115. The Morgan fingerprint density at radius 1 is 1.25 bits per heavy atom. The third kappa shape index (κ3) is 4.35. The smallest absolute Gasteiger partial charge is 0.254 e. The van der Waals surface area contributed by atoms with E-state index in [1.165, 1.54) is 4.90 Å². The number of carbonyl (C=O) groups is 3. The van der Waals surface area contributed by atoms with Crippen molar-refractivity contribution in [3.8, 4) is 0 Å². The van der Waals surface area contributed by atoms with Crippen molar-refractivity contribution in [1.29, 1.82) is 0 Å². The molecule has 0 unspecified atom stereocenters. The molecule has 7 nitrogen and oxygen atoms in total. The Morgan fingerprint density at radius 3 is 2.69 bits per heavy atom. The molecule has 1 atom stereocenters. The lowest BCUT2D eigenvalue weighted by Gasteiger charge is -2.44. The minimum Gasteiger partial charge on any atom is -0.352 e. The summed E-state index contributed by atoms with van der Waals surface area (Å²) in [5.74, 6) is -0.588. The number of aryl methyl sites for hydroxylation is 1. The first kappa shape index (κ1) is 22.3. The molecule has 1 fully saturated rings. The van der Waals surface area contributed by atoms with Gasteiger partial charge in [-0.3, -0.25) is 14.4 Å². The maximum Gasteiger partial charge on any atom is 0.254 e. The first-order valence-electron chi connectivity index (χ1n) is 10.9. The molecule has 32 heavy (non-hydrogen) atoms. The molecule has 1 saturated carbocycles. The van der Waals surface area contributed by atoms with E-state index in [-0.39, 0.29) is 36.7 Å². The zero-order valence-corrected chi connectivity index (χ0v) is 19.1. The number of allylic oxidation sites excluding steroid dienone is 2. The van der Waals surface area contributed by atoms with E-state index < -0.39 is 5.54 Å². The molecule has 4 rings (SSSR count). The van der Waals surface area contributed by atoms with E-state index in [1.54, 1.807) is 30.2 Å². The Hall–Kier alpha value is -2.93.